The minimum atomic E-state index is 0.145. The van der Waals surface area contributed by atoms with Gasteiger partial charge >= 0.3 is 0 Å². The van der Waals surface area contributed by atoms with E-state index < -0.39 is 0 Å². The van der Waals surface area contributed by atoms with Gasteiger partial charge in [-0.2, -0.15) is 5.10 Å². The Bertz CT molecular complexity index is 975. The van der Waals surface area contributed by atoms with Gasteiger partial charge in [-0.1, -0.05) is 30.3 Å². The van der Waals surface area contributed by atoms with Crippen LogP contribution in [0.5, 0.6) is 5.75 Å². The summed E-state index contributed by atoms with van der Waals surface area (Å²) in [7, 11) is 3.56. The summed E-state index contributed by atoms with van der Waals surface area (Å²) in [6, 6.07) is 18.7. The molecule has 2 N–H and O–H groups in total. The Hall–Kier alpha value is -3.28. The highest BCUT2D eigenvalue weighted by Gasteiger charge is 2.46. The summed E-state index contributed by atoms with van der Waals surface area (Å²) >= 11 is 0. The van der Waals surface area contributed by atoms with Gasteiger partial charge in [0.25, 0.3) is 0 Å². The molecule has 6 nitrogen and oxygen atoms in total. The van der Waals surface area contributed by atoms with Gasteiger partial charge in [0.2, 0.25) is 0 Å². The first-order valence-corrected chi connectivity index (χ1v) is 10.4. The first-order chi connectivity index (χ1) is 14.7. The summed E-state index contributed by atoms with van der Waals surface area (Å²) in [6.07, 6.45) is 7.00. The van der Waals surface area contributed by atoms with Gasteiger partial charge in [0, 0.05) is 43.5 Å². The lowest BCUT2D eigenvalue weighted by Crippen LogP contribution is -2.42. The van der Waals surface area contributed by atoms with Crippen LogP contribution in [-0.2, 0) is 11.8 Å². The van der Waals surface area contributed by atoms with Crippen molar-refractivity contribution in [2.75, 3.05) is 27.2 Å². The summed E-state index contributed by atoms with van der Waals surface area (Å²) in [6.45, 7) is 1.67. The van der Waals surface area contributed by atoms with E-state index in [2.05, 4.69) is 57.1 Å². The van der Waals surface area contributed by atoms with Gasteiger partial charge < -0.3 is 15.4 Å². The first kappa shape index (κ1) is 20.0. The SMILES string of the molecule is CN=C(NCCc1ccc(-n2cccn2)cc1)NCC1(c2ccccc2OC)CC1. The lowest BCUT2D eigenvalue weighted by molar-refractivity contribution is 0.403. The number of nitrogens with one attached hydrogen (secondary N) is 2. The van der Waals surface area contributed by atoms with E-state index in [1.165, 1.54) is 24.0 Å². The van der Waals surface area contributed by atoms with E-state index in [0.29, 0.717) is 0 Å². The number of rotatable bonds is 8. The van der Waals surface area contributed by atoms with Crippen LogP contribution in [0, 0.1) is 0 Å². The quantitative estimate of drug-likeness (QED) is 0.447. The molecule has 1 fully saturated rings. The van der Waals surface area contributed by atoms with Crippen molar-refractivity contribution in [1.29, 1.82) is 0 Å². The van der Waals surface area contributed by atoms with Crippen molar-refractivity contribution in [3.05, 3.63) is 78.1 Å². The molecule has 1 heterocycles. The third-order valence-corrected chi connectivity index (χ3v) is 5.76. The molecular formula is C24H29N5O. The largest absolute Gasteiger partial charge is 0.496 e. The summed E-state index contributed by atoms with van der Waals surface area (Å²) in [5.41, 5.74) is 3.78. The molecule has 2 aromatic carbocycles. The number of benzene rings is 2. The van der Waals surface area contributed by atoms with Crippen molar-refractivity contribution in [2.45, 2.75) is 24.7 Å². The molecule has 30 heavy (non-hydrogen) atoms. The topological polar surface area (TPSA) is 63.5 Å². The molecule has 0 radical (unpaired) electrons. The molecule has 1 saturated carbocycles. The Morgan fingerprint density at radius 1 is 1.10 bits per heavy atom. The van der Waals surface area contributed by atoms with E-state index in [-0.39, 0.29) is 5.41 Å². The first-order valence-electron chi connectivity index (χ1n) is 10.4. The van der Waals surface area contributed by atoms with Gasteiger partial charge in [0.15, 0.2) is 5.96 Å². The lowest BCUT2D eigenvalue weighted by atomic mass is 9.95. The monoisotopic (exact) mass is 403 g/mol. The van der Waals surface area contributed by atoms with Gasteiger partial charge in [-0.25, -0.2) is 4.68 Å². The van der Waals surface area contributed by atoms with Crippen LogP contribution in [0.4, 0.5) is 0 Å². The fourth-order valence-electron chi connectivity index (χ4n) is 3.81. The third-order valence-electron chi connectivity index (χ3n) is 5.76. The highest BCUT2D eigenvalue weighted by Crippen LogP contribution is 2.50. The van der Waals surface area contributed by atoms with Crippen molar-refractivity contribution in [1.82, 2.24) is 20.4 Å². The molecule has 0 amide bonds. The Kier molecular flexibility index (Phi) is 6.02. The highest BCUT2D eigenvalue weighted by molar-refractivity contribution is 5.79. The molecule has 156 valence electrons. The molecule has 1 aliphatic carbocycles. The van der Waals surface area contributed by atoms with E-state index in [1.807, 2.05) is 36.1 Å². The van der Waals surface area contributed by atoms with Crippen LogP contribution in [0.25, 0.3) is 5.69 Å². The van der Waals surface area contributed by atoms with E-state index in [0.717, 1.165) is 36.9 Å². The summed E-state index contributed by atoms with van der Waals surface area (Å²) in [5.74, 6) is 1.81. The number of aliphatic imine (C=N–C) groups is 1. The van der Waals surface area contributed by atoms with Crippen molar-refractivity contribution >= 4 is 5.96 Å². The molecule has 6 heteroatoms. The Morgan fingerprint density at radius 2 is 1.90 bits per heavy atom. The van der Waals surface area contributed by atoms with Gasteiger partial charge in [0.1, 0.15) is 5.75 Å². The van der Waals surface area contributed by atoms with Gasteiger partial charge in [-0.05, 0) is 49.1 Å². The minimum Gasteiger partial charge on any atom is -0.496 e. The minimum absolute atomic E-state index is 0.145. The molecule has 0 saturated heterocycles. The molecule has 0 atom stereocenters. The lowest BCUT2D eigenvalue weighted by Gasteiger charge is -2.21. The van der Waals surface area contributed by atoms with Crippen LogP contribution in [0.1, 0.15) is 24.0 Å². The Morgan fingerprint density at radius 3 is 2.57 bits per heavy atom. The second-order valence-corrected chi connectivity index (χ2v) is 7.70. The zero-order valence-corrected chi connectivity index (χ0v) is 17.6. The Balaban J connectivity index is 1.27. The molecule has 0 aliphatic heterocycles. The molecule has 0 unspecified atom stereocenters. The van der Waals surface area contributed by atoms with E-state index >= 15 is 0 Å². The van der Waals surface area contributed by atoms with Crippen LogP contribution in [0.15, 0.2) is 72.0 Å². The maximum atomic E-state index is 5.57. The van der Waals surface area contributed by atoms with Crippen LogP contribution in [0.3, 0.4) is 0 Å². The van der Waals surface area contributed by atoms with Gasteiger partial charge in [0.05, 0.1) is 12.8 Å². The fraction of sp³-hybridized carbons (Fsp3) is 0.333. The number of aromatic nitrogens is 2. The zero-order chi connectivity index (χ0) is 20.8. The van der Waals surface area contributed by atoms with Crippen LogP contribution in [0.2, 0.25) is 0 Å². The third kappa shape index (κ3) is 4.48. The maximum Gasteiger partial charge on any atom is 0.191 e. The number of para-hydroxylation sites is 1. The van der Waals surface area contributed by atoms with Crippen molar-refractivity contribution < 1.29 is 4.74 Å². The fourth-order valence-corrected chi connectivity index (χ4v) is 3.81. The van der Waals surface area contributed by atoms with Crippen LogP contribution >= 0.6 is 0 Å². The average Bonchev–Trinajstić information content (AvgIpc) is 3.38. The van der Waals surface area contributed by atoms with Crippen LogP contribution in [-0.4, -0.2) is 43.0 Å². The second kappa shape index (κ2) is 9.03. The number of hydrogen-bond acceptors (Lipinski definition) is 3. The molecule has 1 aromatic heterocycles. The molecule has 4 rings (SSSR count). The standard InChI is InChI=1S/C24H29N5O/c1-25-23(27-18-24(13-14-24)21-6-3-4-7-22(21)30-2)26-16-12-19-8-10-20(11-9-19)29-17-5-15-28-29/h3-11,15,17H,12-14,16,18H2,1-2H3,(H2,25,26,27). The predicted octanol–water partition coefficient (Wildman–Crippen LogP) is 3.32. The predicted molar refractivity (Wildman–Crippen MR) is 121 cm³/mol. The smallest absolute Gasteiger partial charge is 0.191 e. The summed E-state index contributed by atoms with van der Waals surface area (Å²) in [4.78, 5) is 4.39. The average molecular weight is 404 g/mol. The zero-order valence-electron chi connectivity index (χ0n) is 17.6. The second-order valence-electron chi connectivity index (χ2n) is 7.70. The normalized spacial score (nSPS) is 14.9. The number of methoxy groups -OCH3 is 1. The van der Waals surface area contributed by atoms with E-state index in [1.54, 1.807) is 13.3 Å². The number of ether oxygens (including phenoxy) is 1. The van der Waals surface area contributed by atoms with Gasteiger partial charge in [-0.15, -0.1) is 0 Å². The molecule has 0 spiro atoms. The molecule has 3 aromatic rings. The highest BCUT2D eigenvalue weighted by atomic mass is 16.5. The van der Waals surface area contributed by atoms with Crippen molar-refractivity contribution in [2.24, 2.45) is 4.99 Å². The Labute approximate surface area is 178 Å². The summed E-state index contributed by atoms with van der Waals surface area (Å²) in [5, 5.41) is 11.2. The van der Waals surface area contributed by atoms with E-state index in [9.17, 15) is 0 Å². The van der Waals surface area contributed by atoms with Crippen LogP contribution < -0.4 is 15.4 Å². The summed E-state index contributed by atoms with van der Waals surface area (Å²) < 4.78 is 7.44. The van der Waals surface area contributed by atoms with Crippen molar-refractivity contribution in [3.8, 4) is 11.4 Å². The number of hydrogen-bond donors (Lipinski definition) is 2. The van der Waals surface area contributed by atoms with E-state index in [4.69, 9.17) is 4.74 Å². The molecular weight excluding hydrogens is 374 g/mol. The molecule has 1 aliphatic rings. The molecule has 0 bridgehead atoms. The van der Waals surface area contributed by atoms with Gasteiger partial charge in [-0.3, -0.25) is 4.99 Å². The number of guanidine groups is 1. The van der Waals surface area contributed by atoms with Crippen molar-refractivity contribution in [3.63, 3.8) is 0 Å². The number of nitrogens with zero attached hydrogens (tertiary/aromatic N) is 3. The maximum absolute atomic E-state index is 5.57.